The van der Waals surface area contributed by atoms with E-state index in [1.165, 1.54) is 43.3 Å². The van der Waals surface area contributed by atoms with E-state index in [0.717, 1.165) is 27.2 Å². The highest BCUT2D eigenvalue weighted by Gasteiger charge is 2.35. The first kappa shape index (κ1) is 60.8. The molecule has 14 N–H and O–H groups in total. The molecular weight excluding hydrogens is 1070 g/mol. The van der Waals surface area contributed by atoms with Crippen molar-refractivity contribution >= 4 is 104 Å². The molecule has 1 heterocycles. The van der Waals surface area contributed by atoms with E-state index in [9.17, 15) is 48.3 Å². The lowest BCUT2D eigenvalue weighted by Crippen LogP contribution is -2.60. The highest BCUT2D eigenvalue weighted by Crippen LogP contribution is 2.25. The van der Waals surface area contributed by atoms with Gasteiger partial charge in [-0.25, -0.2) is 0 Å². The molecule has 1 aliphatic rings. The van der Waals surface area contributed by atoms with E-state index in [-0.39, 0.29) is 72.6 Å². The molecule has 1 saturated heterocycles. The summed E-state index contributed by atoms with van der Waals surface area (Å²) < 4.78 is 0. The van der Waals surface area contributed by atoms with Gasteiger partial charge in [0.25, 0.3) is 0 Å². The maximum atomic E-state index is 14.8. The molecule has 24 heteroatoms. The van der Waals surface area contributed by atoms with Gasteiger partial charge in [0.15, 0.2) is 0 Å². The minimum Gasteiger partial charge on any atom is -0.508 e. The molecule has 0 saturated carbocycles. The van der Waals surface area contributed by atoms with Crippen molar-refractivity contribution < 1.29 is 48.3 Å². The number of phenols is 1. The Morgan fingerprint density at radius 2 is 1.26 bits per heavy atom. The predicted molar refractivity (Wildman–Crippen MR) is 297 cm³/mol. The van der Waals surface area contributed by atoms with Crippen molar-refractivity contribution in [3.63, 3.8) is 0 Å². The van der Waals surface area contributed by atoms with E-state index in [0.29, 0.717) is 34.0 Å². The number of carbonyl (C=O) groups excluding carboxylic acids is 9. The Bertz CT molecular complexity index is 2760. The quantitative estimate of drug-likeness (QED) is 0.0504. The Hall–Kier alpha value is -7.11. The van der Waals surface area contributed by atoms with Gasteiger partial charge in [0.2, 0.25) is 53.2 Å². The second kappa shape index (κ2) is 30.0. The lowest BCUT2D eigenvalue weighted by atomic mass is 9.96. The number of phenolic OH excluding ortho intramolecular Hbond substituents is 1. The van der Waals surface area contributed by atoms with Gasteiger partial charge in [0.1, 0.15) is 48.0 Å². The number of hydrogen-bond donors (Lipinski definition) is 11. The summed E-state index contributed by atoms with van der Waals surface area (Å²) in [4.78, 5) is 125. The van der Waals surface area contributed by atoms with Crippen LogP contribution in [-0.2, 0) is 57.6 Å². The van der Waals surface area contributed by atoms with Crippen molar-refractivity contribution in [1.29, 1.82) is 0 Å². The molecule has 0 aliphatic carbocycles. The first-order chi connectivity index (χ1) is 36.7. The molecule has 4 aromatic carbocycles. The van der Waals surface area contributed by atoms with Gasteiger partial charge < -0.3 is 59.5 Å². The highest BCUT2D eigenvalue weighted by molar-refractivity contribution is 8.76. The summed E-state index contributed by atoms with van der Waals surface area (Å²) in [6.07, 6.45) is 0.781. The maximum absolute atomic E-state index is 14.8. The molecule has 1 aliphatic heterocycles. The first-order valence-electron chi connectivity index (χ1n) is 24.4. The number of rotatable bonds is 18. The van der Waals surface area contributed by atoms with Crippen LogP contribution >= 0.6 is 44.8 Å². The minimum absolute atomic E-state index is 0.00431. The minimum atomic E-state index is -1.64. The number of hydrogen-bond acceptors (Lipinski definition) is 13. The fourth-order valence-corrected chi connectivity index (χ4v) is 10.3. The third-order valence-electron chi connectivity index (χ3n) is 12.2. The Morgan fingerprint density at radius 1 is 0.688 bits per heavy atom. The summed E-state index contributed by atoms with van der Waals surface area (Å²) in [6, 6.07) is 15.2. The molecule has 0 radical (unpaired) electrons. The average Bonchev–Trinajstić information content (AvgIpc) is 3.40. The van der Waals surface area contributed by atoms with Crippen LogP contribution in [0.1, 0.15) is 65.2 Å². The van der Waals surface area contributed by atoms with E-state index in [1.54, 1.807) is 60.7 Å². The summed E-state index contributed by atoms with van der Waals surface area (Å²) in [6.45, 7) is 5.73. The Kier molecular flexibility index (Phi) is 23.7. The van der Waals surface area contributed by atoms with Crippen molar-refractivity contribution in [3.8, 4) is 5.75 Å². The normalized spacial score (nSPS) is 20.4. The molecular formula is C53H62Cl2N10O10S2. The number of nitrogens with one attached hydrogen (secondary N) is 7. The Labute approximate surface area is 463 Å². The fourth-order valence-electron chi connectivity index (χ4n) is 7.74. The van der Waals surface area contributed by atoms with Crippen LogP contribution in [0, 0.1) is 0 Å². The molecule has 20 nitrogen and oxygen atoms in total. The predicted octanol–water partition coefficient (Wildman–Crippen LogP) is 2.35. The molecule has 0 aromatic heterocycles. The van der Waals surface area contributed by atoms with Crippen LogP contribution in [0.25, 0.3) is 5.57 Å². The SMILES string of the molecule is C=C(c1ccc(C(N)=O)cc1)[C@H]1NC(=O)[C@H](Cc2ccc(Cl)cc2)NC(=O)[C@H](NC(=O)CCc2ccc(Cl)cc2)CSSC[C@@H](C(=O)NC(Cc2ccc(O)cc2)C(N)=O)NC(=O)[C@H](C)NC(=O)[C@H](CCCCN)NC1=O. The van der Waals surface area contributed by atoms with Crippen molar-refractivity contribution in [2.45, 2.75) is 94.2 Å². The summed E-state index contributed by atoms with van der Waals surface area (Å²) in [5.41, 5.74) is 19.3. The number of aromatic hydroxyl groups is 1. The topological polar surface area (TPSA) is 336 Å². The summed E-state index contributed by atoms with van der Waals surface area (Å²) in [5.74, 6) is -7.63. The number of primary amides is 2. The molecule has 1 fully saturated rings. The van der Waals surface area contributed by atoms with Gasteiger partial charge in [-0.3, -0.25) is 43.2 Å². The molecule has 0 bridgehead atoms. The molecule has 1 unspecified atom stereocenters. The smallest absolute Gasteiger partial charge is 0.248 e. The van der Waals surface area contributed by atoms with Gasteiger partial charge in [0.05, 0.1) is 0 Å². The number of carbonyl (C=O) groups is 9. The van der Waals surface area contributed by atoms with Crippen molar-refractivity contribution in [3.05, 3.63) is 142 Å². The van der Waals surface area contributed by atoms with Crippen LogP contribution in [0.5, 0.6) is 5.75 Å². The van der Waals surface area contributed by atoms with E-state index in [4.69, 9.17) is 40.4 Å². The number of amides is 9. The largest absolute Gasteiger partial charge is 0.508 e. The zero-order valence-electron chi connectivity index (χ0n) is 42.0. The van der Waals surface area contributed by atoms with Crippen molar-refractivity contribution in [2.24, 2.45) is 17.2 Å². The Morgan fingerprint density at radius 3 is 1.87 bits per heavy atom. The van der Waals surface area contributed by atoms with E-state index >= 15 is 0 Å². The number of unbranched alkanes of at least 4 members (excludes halogenated alkanes) is 1. The van der Waals surface area contributed by atoms with Gasteiger partial charge in [-0.05, 0) is 116 Å². The van der Waals surface area contributed by atoms with E-state index < -0.39 is 95.5 Å². The Balaban J connectivity index is 1.55. The zero-order chi connectivity index (χ0) is 56.2. The third kappa shape index (κ3) is 19.4. The van der Waals surface area contributed by atoms with Crippen molar-refractivity contribution in [1.82, 2.24) is 37.2 Å². The summed E-state index contributed by atoms with van der Waals surface area (Å²) in [7, 11) is 2.07. The van der Waals surface area contributed by atoms with Crippen LogP contribution in [0.4, 0.5) is 0 Å². The van der Waals surface area contributed by atoms with Gasteiger partial charge >= 0.3 is 0 Å². The molecule has 4 aromatic rings. The molecule has 5 rings (SSSR count). The molecule has 9 amide bonds. The summed E-state index contributed by atoms with van der Waals surface area (Å²) >= 11 is 12.3. The second-order valence-electron chi connectivity index (χ2n) is 18.1. The number of aryl methyl sites for hydroxylation is 1. The van der Waals surface area contributed by atoms with Crippen LogP contribution < -0.4 is 54.4 Å². The lowest BCUT2D eigenvalue weighted by Gasteiger charge is -2.28. The maximum Gasteiger partial charge on any atom is 0.248 e. The van der Waals surface area contributed by atoms with Crippen LogP contribution in [0.15, 0.2) is 104 Å². The van der Waals surface area contributed by atoms with E-state index in [1.807, 2.05) is 0 Å². The first-order valence-corrected chi connectivity index (χ1v) is 27.7. The standard InChI is InChI=1S/C53H62Cl2N10O10S2/c1-29(34-13-15-35(16-14-34)46(57)68)45-53(75)61-39(5-3-4-24-56)49(71)59-30(2)48(70)64-43(52(74)62-40(47(58)69)25-33-10-21-38(66)22-11-33)28-77-76-27-42(60-44(67)23-12-31-6-17-36(54)18-7-31)51(73)63-41(50(72)65-45)26-32-8-19-37(55)20-9-32/h6-11,13-22,30,39-43,45,66H,1,3-5,12,23-28,56H2,2H3,(H2,57,68)(H2,58,69)(H,59,71)(H,60,67)(H,61,75)(H,62,74)(H,63,73)(H,64,70)(H,65,72)/t30-,39-,40?,41-,42+,43-,45+/m0/s1. The summed E-state index contributed by atoms with van der Waals surface area (Å²) in [5, 5.41) is 29.4. The molecule has 7 atom stereocenters. The van der Waals surface area contributed by atoms with Gasteiger partial charge in [-0.1, -0.05) is 99.9 Å². The average molecular weight is 1130 g/mol. The molecule has 410 valence electrons. The number of nitrogens with two attached hydrogens (primary N) is 3. The van der Waals surface area contributed by atoms with E-state index in [2.05, 4.69) is 43.8 Å². The van der Waals surface area contributed by atoms with Gasteiger partial charge in [0, 0.05) is 46.4 Å². The fraction of sp³-hybridized carbons (Fsp3) is 0.340. The highest BCUT2D eigenvalue weighted by atomic mass is 35.5. The lowest BCUT2D eigenvalue weighted by molar-refractivity contribution is -0.134. The van der Waals surface area contributed by atoms with Gasteiger partial charge in [-0.15, -0.1) is 0 Å². The third-order valence-corrected chi connectivity index (χ3v) is 15.1. The van der Waals surface area contributed by atoms with Gasteiger partial charge in [-0.2, -0.15) is 0 Å². The van der Waals surface area contributed by atoms with Crippen LogP contribution in [0.2, 0.25) is 10.0 Å². The second-order valence-corrected chi connectivity index (χ2v) is 21.5. The van der Waals surface area contributed by atoms with Crippen LogP contribution in [0.3, 0.4) is 0 Å². The zero-order valence-corrected chi connectivity index (χ0v) is 45.1. The van der Waals surface area contributed by atoms with Crippen LogP contribution in [-0.4, -0.2) is 119 Å². The number of halogens is 2. The monoisotopic (exact) mass is 1130 g/mol. The molecule has 77 heavy (non-hydrogen) atoms. The van der Waals surface area contributed by atoms with Crippen molar-refractivity contribution in [2.75, 3.05) is 18.1 Å². The number of benzene rings is 4. The molecule has 0 spiro atoms.